The van der Waals surface area contributed by atoms with E-state index < -0.39 is 26.7 Å². The van der Waals surface area contributed by atoms with Crippen LogP contribution in [0.15, 0.2) is 53.4 Å². The van der Waals surface area contributed by atoms with E-state index in [2.05, 4.69) is 4.72 Å². The van der Waals surface area contributed by atoms with Crippen LogP contribution >= 0.6 is 12.4 Å². The number of nitrogens with two attached hydrogens (primary N) is 1. The number of benzene rings is 2. The first-order valence-corrected chi connectivity index (χ1v) is 8.35. The number of hydrogen-bond donors (Lipinski definition) is 2. The Hall–Kier alpha value is -2.00. The minimum absolute atomic E-state index is 0. The zero-order valence-corrected chi connectivity index (χ0v) is 14.5. The highest BCUT2D eigenvalue weighted by Gasteiger charge is 2.26. The number of nitrogens with one attached hydrogen (secondary N) is 1. The molecule has 0 bridgehead atoms. The normalized spacial score (nSPS) is 12.2. The van der Waals surface area contributed by atoms with Crippen molar-refractivity contribution < 1.29 is 13.3 Å². The molecule has 1 unspecified atom stereocenters. The van der Waals surface area contributed by atoms with Gasteiger partial charge in [0.2, 0.25) is 10.0 Å². The molecule has 9 heteroatoms. The Morgan fingerprint density at radius 1 is 1.21 bits per heavy atom. The highest BCUT2D eigenvalue weighted by atomic mass is 35.5. The van der Waals surface area contributed by atoms with E-state index in [-0.39, 0.29) is 23.8 Å². The lowest BCUT2D eigenvalue weighted by Gasteiger charge is -2.13. The molecule has 24 heavy (non-hydrogen) atoms. The summed E-state index contributed by atoms with van der Waals surface area (Å²) in [5, 5.41) is 11.1. The van der Waals surface area contributed by atoms with Crippen molar-refractivity contribution in [3.05, 3.63) is 69.8 Å². The molecule has 0 radical (unpaired) electrons. The molecule has 0 saturated heterocycles. The summed E-state index contributed by atoms with van der Waals surface area (Å²) >= 11 is 0. The van der Waals surface area contributed by atoms with Crippen LogP contribution in [0.3, 0.4) is 0 Å². The molecule has 3 N–H and O–H groups in total. The Morgan fingerprint density at radius 2 is 1.83 bits per heavy atom. The molecule has 0 aromatic heterocycles. The van der Waals surface area contributed by atoms with Gasteiger partial charge in [-0.25, -0.2) is 13.1 Å². The van der Waals surface area contributed by atoms with Crippen LogP contribution in [0.4, 0.5) is 5.69 Å². The number of nitro groups is 1. The van der Waals surface area contributed by atoms with E-state index in [9.17, 15) is 18.5 Å². The Morgan fingerprint density at radius 3 is 2.42 bits per heavy atom. The first kappa shape index (κ1) is 20.0. The van der Waals surface area contributed by atoms with Gasteiger partial charge in [0.05, 0.1) is 4.92 Å². The van der Waals surface area contributed by atoms with Crippen molar-refractivity contribution in [3.8, 4) is 0 Å². The van der Waals surface area contributed by atoms with Gasteiger partial charge >= 0.3 is 0 Å². The summed E-state index contributed by atoms with van der Waals surface area (Å²) in [4.78, 5) is 9.99. The molecule has 0 amide bonds. The average Bonchev–Trinajstić information content (AvgIpc) is 2.53. The van der Waals surface area contributed by atoms with Gasteiger partial charge in [-0.2, -0.15) is 0 Å². The van der Waals surface area contributed by atoms with Crippen LogP contribution in [0.5, 0.6) is 0 Å². The molecule has 0 saturated carbocycles. The number of aryl methyl sites for hydroxylation is 1. The van der Waals surface area contributed by atoms with Crippen LogP contribution in [-0.2, 0) is 10.0 Å². The monoisotopic (exact) mass is 371 g/mol. The van der Waals surface area contributed by atoms with Gasteiger partial charge in [0, 0.05) is 18.7 Å². The summed E-state index contributed by atoms with van der Waals surface area (Å²) in [7, 11) is -4.03. The standard InChI is InChI=1S/C15H17N3O4S.ClH/c1-11-7-8-15(14(9-11)18(19)20)23(21,22)17-10-13(16)12-5-3-2-4-6-12;/h2-9,13,17H,10,16H2,1H3;1H. The van der Waals surface area contributed by atoms with E-state index in [0.29, 0.717) is 5.56 Å². The third kappa shape index (κ3) is 4.75. The second-order valence-corrected chi connectivity index (χ2v) is 6.83. The van der Waals surface area contributed by atoms with Crippen molar-refractivity contribution in [2.24, 2.45) is 5.73 Å². The number of nitro benzene ring substituents is 1. The molecule has 130 valence electrons. The molecule has 0 aliphatic carbocycles. The molecule has 2 aromatic rings. The first-order valence-electron chi connectivity index (χ1n) is 6.86. The predicted molar refractivity (Wildman–Crippen MR) is 93.6 cm³/mol. The largest absolute Gasteiger partial charge is 0.323 e. The molecule has 0 spiro atoms. The number of halogens is 1. The Kier molecular flexibility index (Phi) is 6.85. The number of rotatable bonds is 6. The van der Waals surface area contributed by atoms with Crippen molar-refractivity contribution in [1.29, 1.82) is 0 Å². The van der Waals surface area contributed by atoms with E-state index in [1.54, 1.807) is 31.2 Å². The smallest absolute Gasteiger partial charge is 0.289 e. The third-order valence-corrected chi connectivity index (χ3v) is 4.79. The van der Waals surface area contributed by atoms with Crippen molar-refractivity contribution in [2.75, 3.05) is 6.54 Å². The Labute approximate surface area is 146 Å². The molecular weight excluding hydrogens is 354 g/mol. The van der Waals surface area contributed by atoms with Gasteiger partial charge in [-0.1, -0.05) is 36.4 Å². The average molecular weight is 372 g/mol. The van der Waals surface area contributed by atoms with Gasteiger partial charge in [0.1, 0.15) is 0 Å². The van der Waals surface area contributed by atoms with Crippen molar-refractivity contribution in [2.45, 2.75) is 17.9 Å². The third-order valence-electron chi connectivity index (χ3n) is 3.32. The van der Waals surface area contributed by atoms with E-state index >= 15 is 0 Å². The zero-order valence-electron chi connectivity index (χ0n) is 12.9. The number of nitrogens with zero attached hydrogens (tertiary/aromatic N) is 1. The van der Waals surface area contributed by atoms with Crippen LogP contribution < -0.4 is 10.5 Å². The highest BCUT2D eigenvalue weighted by molar-refractivity contribution is 7.89. The topological polar surface area (TPSA) is 115 Å². The van der Waals surface area contributed by atoms with E-state index in [4.69, 9.17) is 5.73 Å². The van der Waals surface area contributed by atoms with Crippen LogP contribution in [0.2, 0.25) is 0 Å². The fourth-order valence-corrected chi connectivity index (χ4v) is 3.30. The van der Waals surface area contributed by atoms with Crippen LogP contribution in [0.1, 0.15) is 17.2 Å². The van der Waals surface area contributed by atoms with Crippen molar-refractivity contribution in [1.82, 2.24) is 4.72 Å². The van der Waals surface area contributed by atoms with Gasteiger partial charge in [-0.15, -0.1) is 12.4 Å². The molecule has 7 nitrogen and oxygen atoms in total. The minimum atomic E-state index is -4.03. The van der Waals surface area contributed by atoms with Gasteiger partial charge in [0.15, 0.2) is 4.90 Å². The summed E-state index contributed by atoms with van der Waals surface area (Å²) in [6, 6.07) is 12.4. The maximum absolute atomic E-state index is 12.3. The maximum Gasteiger partial charge on any atom is 0.289 e. The molecule has 0 fully saturated rings. The van der Waals surface area contributed by atoms with Gasteiger partial charge in [-0.05, 0) is 24.1 Å². The van der Waals surface area contributed by atoms with Crippen LogP contribution in [-0.4, -0.2) is 19.9 Å². The van der Waals surface area contributed by atoms with Gasteiger partial charge < -0.3 is 5.73 Å². The van der Waals surface area contributed by atoms with Crippen molar-refractivity contribution in [3.63, 3.8) is 0 Å². The predicted octanol–water partition coefficient (Wildman–Crippen LogP) is 2.30. The zero-order chi connectivity index (χ0) is 17.0. The summed E-state index contributed by atoms with van der Waals surface area (Å²) in [5.74, 6) is 0. The summed E-state index contributed by atoms with van der Waals surface area (Å²) in [6.07, 6.45) is 0. The minimum Gasteiger partial charge on any atom is -0.323 e. The molecule has 1 atom stereocenters. The lowest BCUT2D eigenvalue weighted by atomic mass is 10.1. The van der Waals surface area contributed by atoms with E-state index in [1.807, 2.05) is 6.07 Å². The Balaban J connectivity index is 0.00000288. The molecular formula is C15H18ClN3O4S. The Bertz CT molecular complexity index is 813. The summed E-state index contributed by atoms with van der Waals surface area (Å²) < 4.78 is 27.0. The lowest BCUT2D eigenvalue weighted by molar-refractivity contribution is -0.387. The quantitative estimate of drug-likeness (QED) is 0.597. The maximum atomic E-state index is 12.3. The van der Waals surface area contributed by atoms with E-state index in [0.717, 1.165) is 5.56 Å². The van der Waals surface area contributed by atoms with Gasteiger partial charge in [0.25, 0.3) is 5.69 Å². The van der Waals surface area contributed by atoms with Crippen LogP contribution in [0.25, 0.3) is 0 Å². The van der Waals surface area contributed by atoms with Crippen molar-refractivity contribution >= 4 is 28.1 Å². The fourth-order valence-electron chi connectivity index (χ4n) is 2.09. The number of sulfonamides is 1. The molecule has 2 aromatic carbocycles. The van der Waals surface area contributed by atoms with E-state index in [1.165, 1.54) is 18.2 Å². The van der Waals surface area contributed by atoms with Gasteiger partial charge in [-0.3, -0.25) is 10.1 Å². The molecule has 0 aliphatic heterocycles. The first-order chi connectivity index (χ1) is 10.8. The summed E-state index contributed by atoms with van der Waals surface area (Å²) in [6.45, 7) is 1.60. The van der Waals surface area contributed by atoms with Crippen LogP contribution in [0, 0.1) is 17.0 Å². The SMILES string of the molecule is Cc1ccc(S(=O)(=O)NCC(N)c2ccccc2)c([N+](=O)[O-])c1.Cl. The molecule has 0 aliphatic rings. The second kappa shape index (κ2) is 8.20. The highest BCUT2D eigenvalue weighted by Crippen LogP contribution is 2.24. The molecule has 2 rings (SSSR count). The fraction of sp³-hybridized carbons (Fsp3) is 0.200. The second-order valence-electron chi connectivity index (χ2n) is 5.10. The lowest BCUT2D eigenvalue weighted by Crippen LogP contribution is -2.32. The molecule has 0 heterocycles. The number of hydrogen-bond acceptors (Lipinski definition) is 5. The summed E-state index contributed by atoms with van der Waals surface area (Å²) in [5.41, 5.74) is 6.87.